The Hall–Kier alpha value is -7.18. The van der Waals surface area contributed by atoms with Crippen molar-refractivity contribution in [2.24, 2.45) is 0 Å². The number of fused-ring (bicyclic) bond motifs is 5. The number of benzene rings is 7. The molecule has 0 aliphatic heterocycles. The third kappa shape index (κ3) is 5.22. The summed E-state index contributed by atoms with van der Waals surface area (Å²) in [5.41, 5.74) is 11.0. The van der Waals surface area contributed by atoms with Gasteiger partial charge in [-0.1, -0.05) is 146 Å². The fourth-order valence-electron chi connectivity index (χ4n) is 6.79. The number of para-hydroxylation sites is 1. The lowest BCUT2D eigenvalue weighted by atomic mass is 10.0. The molecule has 0 bridgehead atoms. The first kappa shape index (κ1) is 29.7. The van der Waals surface area contributed by atoms with Crippen LogP contribution in [0.4, 0.5) is 0 Å². The second-order valence-electron chi connectivity index (χ2n) is 12.6. The molecule has 3 aromatic heterocycles. The highest BCUT2D eigenvalue weighted by Gasteiger charge is 2.19. The molecule has 7 aromatic carbocycles. The van der Waals surface area contributed by atoms with Crippen LogP contribution in [0.25, 0.3) is 101 Å². The molecule has 0 radical (unpaired) electrons. The molecular formula is C46H28N4O2. The van der Waals surface area contributed by atoms with Crippen LogP contribution >= 0.6 is 0 Å². The van der Waals surface area contributed by atoms with Gasteiger partial charge in [0.05, 0.1) is 5.39 Å². The zero-order chi connectivity index (χ0) is 34.4. The zero-order valence-corrected chi connectivity index (χ0v) is 27.8. The maximum atomic E-state index is 6.52. The molecule has 0 amide bonds. The summed E-state index contributed by atoms with van der Waals surface area (Å²) in [5.74, 6) is 2.43. The zero-order valence-electron chi connectivity index (χ0n) is 27.8. The van der Waals surface area contributed by atoms with Crippen LogP contribution in [0.5, 0.6) is 0 Å². The summed E-state index contributed by atoms with van der Waals surface area (Å²) in [4.78, 5) is 19.6. The second-order valence-corrected chi connectivity index (χ2v) is 12.6. The second kappa shape index (κ2) is 12.3. The minimum Gasteiger partial charge on any atom is -0.455 e. The standard InChI is InChI=1S/C46H28N4O2/c1-4-11-29(12-5-1)30-19-23-33(24-20-30)44-48-43(32-13-6-2-7-14-32)49-45(50-44)34-25-21-31(22-26-34)36-17-10-18-37-40-39(51-41(36)37)28-27-38-42(40)52-46(47-38)35-15-8-3-9-16-35/h1-28H. The molecule has 52 heavy (non-hydrogen) atoms. The largest absolute Gasteiger partial charge is 0.455 e. The quantitative estimate of drug-likeness (QED) is 0.175. The lowest BCUT2D eigenvalue weighted by Crippen LogP contribution is -2.00. The van der Waals surface area contributed by atoms with Crippen LogP contribution in [0.2, 0.25) is 0 Å². The summed E-state index contributed by atoms with van der Waals surface area (Å²) in [6.07, 6.45) is 0. The SMILES string of the molecule is c1ccc(-c2ccc(-c3nc(-c4ccccc4)nc(-c4ccc(-c5cccc6c5oc5ccc7nc(-c8ccccc8)oc7c56)cc4)n3)cc2)cc1. The average molecular weight is 669 g/mol. The summed E-state index contributed by atoms with van der Waals surface area (Å²) in [6, 6.07) is 57.1. The van der Waals surface area contributed by atoms with Crippen LogP contribution in [0.3, 0.4) is 0 Å². The predicted octanol–water partition coefficient (Wildman–Crippen LogP) is 11.9. The van der Waals surface area contributed by atoms with Gasteiger partial charge in [0.1, 0.15) is 16.7 Å². The Morgan fingerprint density at radius 2 is 0.827 bits per heavy atom. The molecule has 10 aromatic rings. The molecule has 0 fully saturated rings. The normalized spacial score (nSPS) is 11.5. The van der Waals surface area contributed by atoms with Gasteiger partial charge in [-0.2, -0.15) is 0 Å². The van der Waals surface area contributed by atoms with Crippen molar-refractivity contribution in [3.8, 4) is 67.9 Å². The Morgan fingerprint density at radius 3 is 1.44 bits per heavy atom. The summed E-state index contributed by atoms with van der Waals surface area (Å²) in [6.45, 7) is 0. The third-order valence-corrected chi connectivity index (χ3v) is 9.41. The Balaban J connectivity index is 1.04. The average Bonchev–Trinajstić information content (AvgIpc) is 3.84. The van der Waals surface area contributed by atoms with E-state index in [0.717, 1.165) is 77.5 Å². The van der Waals surface area contributed by atoms with Crippen LogP contribution in [-0.4, -0.2) is 19.9 Å². The summed E-state index contributed by atoms with van der Waals surface area (Å²) < 4.78 is 12.9. The van der Waals surface area contributed by atoms with E-state index in [2.05, 4.69) is 78.9 Å². The van der Waals surface area contributed by atoms with E-state index in [4.69, 9.17) is 28.8 Å². The molecule has 10 rings (SSSR count). The van der Waals surface area contributed by atoms with Crippen LogP contribution < -0.4 is 0 Å². The van der Waals surface area contributed by atoms with E-state index in [1.54, 1.807) is 0 Å². The van der Waals surface area contributed by atoms with Crippen molar-refractivity contribution in [2.45, 2.75) is 0 Å². The molecule has 244 valence electrons. The number of aromatic nitrogens is 4. The van der Waals surface area contributed by atoms with Crippen LogP contribution in [0.1, 0.15) is 0 Å². The van der Waals surface area contributed by atoms with E-state index in [1.165, 1.54) is 0 Å². The van der Waals surface area contributed by atoms with E-state index in [0.29, 0.717) is 23.4 Å². The molecule has 0 atom stereocenters. The van der Waals surface area contributed by atoms with E-state index >= 15 is 0 Å². The molecule has 0 N–H and O–H groups in total. The number of hydrogen-bond donors (Lipinski definition) is 0. The Kier molecular flexibility index (Phi) is 7.03. The van der Waals surface area contributed by atoms with E-state index < -0.39 is 0 Å². The van der Waals surface area contributed by atoms with Crippen molar-refractivity contribution in [1.82, 2.24) is 19.9 Å². The first-order valence-electron chi connectivity index (χ1n) is 17.1. The monoisotopic (exact) mass is 668 g/mol. The fraction of sp³-hybridized carbons (Fsp3) is 0. The molecule has 0 saturated heterocycles. The van der Waals surface area contributed by atoms with Crippen molar-refractivity contribution >= 4 is 33.0 Å². The Bertz CT molecular complexity index is 2860. The number of nitrogens with zero attached hydrogens (tertiary/aromatic N) is 4. The maximum absolute atomic E-state index is 6.52. The number of furan rings is 1. The van der Waals surface area contributed by atoms with E-state index in [1.807, 2.05) is 91.0 Å². The summed E-state index contributed by atoms with van der Waals surface area (Å²) in [7, 11) is 0. The lowest BCUT2D eigenvalue weighted by molar-refractivity contribution is 0.622. The molecule has 0 unspecified atom stereocenters. The highest BCUT2D eigenvalue weighted by Crippen LogP contribution is 2.40. The third-order valence-electron chi connectivity index (χ3n) is 9.41. The molecule has 0 aliphatic rings. The Labute approximate surface area is 298 Å². The summed E-state index contributed by atoms with van der Waals surface area (Å²) in [5, 5.41) is 1.90. The van der Waals surface area contributed by atoms with Crippen molar-refractivity contribution in [3.63, 3.8) is 0 Å². The number of hydrogen-bond acceptors (Lipinski definition) is 6. The number of oxazole rings is 1. The highest BCUT2D eigenvalue weighted by atomic mass is 16.4. The van der Waals surface area contributed by atoms with Crippen LogP contribution in [0.15, 0.2) is 179 Å². The first-order chi connectivity index (χ1) is 25.7. The molecule has 0 spiro atoms. The van der Waals surface area contributed by atoms with Gasteiger partial charge < -0.3 is 8.83 Å². The van der Waals surface area contributed by atoms with Gasteiger partial charge in [0.15, 0.2) is 23.1 Å². The molecule has 6 heteroatoms. The van der Waals surface area contributed by atoms with E-state index in [-0.39, 0.29) is 0 Å². The van der Waals surface area contributed by atoms with Crippen molar-refractivity contribution < 1.29 is 8.83 Å². The van der Waals surface area contributed by atoms with Gasteiger partial charge in [-0.25, -0.2) is 19.9 Å². The van der Waals surface area contributed by atoms with Gasteiger partial charge in [-0.3, -0.25) is 0 Å². The highest BCUT2D eigenvalue weighted by molar-refractivity contribution is 6.18. The van der Waals surface area contributed by atoms with Gasteiger partial charge in [0.2, 0.25) is 5.89 Å². The predicted molar refractivity (Wildman–Crippen MR) is 207 cm³/mol. The minimum absolute atomic E-state index is 0.588. The maximum Gasteiger partial charge on any atom is 0.227 e. The summed E-state index contributed by atoms with van der Waals surface area (Å²) >= 11 is 0. The van der Waals surface area contributed by atoms with E-state index in [9.17, 15) is 0 Å². The van der Waals surface area contributed by atoms with Gasteiger partial charge in [-0.15, -0.1) is 0 Å². The van der Waals surface area contributed by atoms with Crippen LogP contribution in [-0.2, 0) is 0 Å². The van der Waals surface area contributed by atoms with Gasteiger partial charge in [-0.05, 0) is 41.0 Å². The van der Waals surface area contributed by atoms with Gasteiger partial charge >= 0.3 is 0 Å². The molecule has 3 heterocycles. The van der Waals surface area contributed by atoms with Crippen molar-refractivity contribution in [2.75, 3.05) is 0 Å². The fourth-order valence-corrected chi connectivity index (χ4v) is 6.79. The lowest BCUT2D eigenvalue weighted by Gasteiger charge is -2.10. The van der Waals surface area contributed by atoms with Gasteiger partial charge in [0.25, 0.3) is 0 Å². The molecular weight excluding hydrogens is 641 g/mol. The smallest absolute Gasteiger partial charge is 0.227 e. The molecule has 6 nitrogen and oxygen atoms in total. The Morgan fingerprint density at radius 1 is 0.327 bits per heavy atom. The van der Waals surface area contributed by atoms with Crippen molar-refractivity contribution in [3.05, 3.63) is 170 Å². The molecule has 0 aliphatic carbocycles. The van der Waals surface area contributed by atoms with Crippen molar-refractivity contribution in [1.29, 1.82) is 0 Å². The number of rotatable bonds is 6. The first-order valence-corrected chi connectivity index (χ1v) is 17.1. The molecule has 0 saturated carbocycles. The topological polar surface area (TPSA) is 77.8 Å². The van der Waals surface area contributed by atoms with Gasteiger partial charge in [0, 0.05) is 33.2 Å². The van der Waals surface area contributed by atoms with Crippen LogP contribution in [0, 0.1) is 0 Å². The minimum atomic E-state index is 0.588.